The van der Waals surface area contributed by atoms with Crippen LogP contribution in [0.3, 0.4) is 0 Å². The van der Waals surface area contributed by atoms with E-state index in [4.69, 9.17) is 5.26 Å². The number of aromatic nitrogens is 1. The molecular formula is C8H8N2. The van der Waals surface area contributed by atoms with Gasteiger partial charge in [-0.1, -0.05) is 12.6 Å². The number of nitrogens with zero attached hydrogens (tertiary/aromatic N) is 2. The van der Waals surface area contributed by atoms with E-state index in [0.29, 0.717) is 0 Å². The average molecular weight is 132 g/mol. The summed E-state index contributed by atoms with van der Waals surface area (Å²) < 4.78 is 0. The lowest BCUT2D eigenvalue weighted by Crippen LogP contribution is -1.58. The lowest BCUT2D eigenvalue weighted by Gasteiger charge is -1.70. The Labute approximate surface area is 60.5 Å². The molecule has 0 fully saturated rings. The van der Waals surface area contributed by atoms with Crippen molar-refractivity contribution in [3.8, 4) is 6.07 Å². The highest BCUT2D eigenvalue weighted by molar-refractivity contribution is 4.93. The predicted molar refractivity (Wildman–Crippen MR) is 40.0 cm³/mol. The van der Waals surface area contributed by atoms with Crippen LogP contribution in [0.25, 0.3) is 0 Å². The topological polar surface area (TPSA) is 36.7 Å². The molecule has 2 nitrogen and oxygen atoms in total. The van der Waals surface area contributed by atoms with E-state index in [1.807, 2.05) is 18.2 Å². The van der Waals surface area contributed by atoms with E-state index in [-0.39, 0.29) is 0 Å². The number of hydrogen-bond acceptors (Lipinski definition) is 2. The van der Waals surface area contributed by atoms with Crippen LogP contribution in [-0.4, -0.2) is 4.98 Å². The monoisotopic (exact) mass is 132 g/mol. The molecule has 0 saturated carbocycles. The van der Waals surface area contributed by atoms with Gasteiger partial charge in [-0.05, 0) is 12.1 Å². The van der Waals surface area contributed by atoms with Crippen LogP contribution in [0.2, 0.25) is 0 Å². The Morgan fingerprint density at radius 3 is 1.90 bits per heavy atom. The molecule has 0 atom stereocenters. The molecule has 0 aliphatic heterocycles. The van der Waals surface area contributed by atoms with Crippen molar-refractivity contribution in [1.82, 2.24) is 4.98 Å². The molecule has 0 amide bonds. The fourth-order valence-electron chi connectivity index (χ4n) is 0.313. The van der Waals surface area contributed by atoms with Gasteiger partial charge in [-0.3, -0.25) is 4.98 Å². The van der Waals surface area contributed by atoms with Gasteiger partial charge in [0.05, 0.1) is 6.07 Å². The lowest BCUT2D eigenvalue weighted by molar-refractivity contribution is 1.33. The molecule has 2 heteroatoms. The summed E-state index contributed by atoms with van der Waals surface area (Å²) in [6, 6.07) is 7.41. The van der Waals surface area contributed by atoms with E-state index in [1.54, 1.807) is 18.5 Å². The van der Waals surface area contributed by atoms with Crippen molar-refractivity contribution >= 4 is 0 Å². The SMILES string of the molecule is C=CC#N.c1ccncc1. The van der Waals surface area contributed by atoms with Crippen molar-refractivity contribution in [1.29, 1.82) is 5.26 Å². The molecule has 0 bridgehead atoms. The van der Waals surface area contributed by atoms with E-state index in [2.05, 4.69) is 11.6 Å². The van der Waals surface area contributed by atoms with Gasteiger partial charge in [0.2, 0.25) is 0 Å². The zero-order valence-electron chi connectivity index (χ0n) is 5.57. The number of nitriles is 1. The van der Waals surface area contributed by atoms with Crippen LogP contribution in [0, 0.1) is 11.3 Å². The van der Waals surface area contributed by atoms with Crippen molar-refractivity contribution in [2.24, 2.45) is 0 Å². The molecule has 1 rings (SSSR count). The molecule has 1 aromatic heterocycles. The van der Waals surface area contributed by atoms with Gasteiger partial charge in [0.15, 0.2) is 0 Å². The van der Waals surface area contributed by atoms with Crippen LogP contribution in [0.15, 0.2) is 43.2 Å². The van der Waals surface area contributed by atoms with Gasteiger partial charge >= 0.3 is 0 Å². The van der Waals surface area contributed by atoms with Crippen molar-refractivity contribution in [3.63, 3.8) is 0 Å². The highest BCUT2D eigenvalue weighted by atomic mass is 14.6. The van der Waals surface area contributed by atoms with E-state index in [0.717, 1.165) is 0 Å². The molecule has 0 spiro atoms. The fourth-order valence-corrected chi connectivity index (χ4v) is 0.313. The molecule has 0 radical (unpaired) electrons. The zero-order chi connectivity index (χ0) is 7.66. The molecule has 0 saturated heterocycles. The van der Waals surface area contributed by atoms with Crippen LogP contribution >= 0.6 is 0 Å². The molecule has 1 aromatic rings. The Kier molecular flexibility index (Phi) is 6.18. The minimum Gasteiger partial charge on any atom is -0.265 e. The molecule has 0 N–H and O–H groups in total. The molecule has 1 heterocycles. The molecule has 50 valence electrons. The van der Waals surface area contributed by atoms with Gasteiger partial charge in [0, 0.05) is 18.5 Å². The second-order valence-corrected chi connectivity index (χ2v) is 1.36. The van der Waals surface area contributed by atoms with Gasteiger partial charge in [-0.25, -0.2) is 0 Å². The van der Waals surface area contributed by atoms with Crippen molar-refractivity contribution in [3.05, 3.63) is 43.2 Å². The maximum atomic E-state index is 7.51. The number of rotatable bonds is 0. The van der Waals surface area contributed by atoms with Crippen LogP contribution < -0.4 is 0 Å². The number of hydrogen-bond donors (Lipinski definition) is 0. The second-order valence-electron chi connectivity index (χ2n) is 1.36. The highest BCUT2D eigenvalue weighted by Crippen LogP contribution is 1.73. The van der Waals surface area contributed by atoms with Crippen molar-refractivity contribution in [2.45, 2.75) is 0 Å². The van der Waals surface area contributed by atoms with E-state index < -0.39 is 0 Å². The minimum absolute atomic E-state index is 1.18. The van der Waals surface area contributed by atoms with E-state index >= 15 is 0 Å². The van der Waals surface area contributed by atoms with Gasteiger partial charge in [0.25, 0.3) is 0 Å². The highest BCUT2D eigenvalue weighted by Gasteiger charge is 1.58. The summed E-state index contributed by atoms with van der Waals surface area (Å²) in [7, 11) is 0. The van der Waals surface area contributed by atoms with Crippen molar-refractivity contribution < 1.29 is 0 Å². The molecule has 0 aromatic carbocycles. The van der Waals surface area contributed by atoms with Gasteiger partial charge in [-0.2, -0.15) is 5.26 Å². The fraction of sp³-hybridized carbons (Fsp3) is 0. The molecule has 10 heavy (non-hydrogen) atoms. The van der Waals surface area contributed by atoms with Crippen LogP contribution in [0.1, 0.15) is 0 Å². The Morgan fingerprint density at radius 2 is 1.80 bits per heavy atom. The predicted octanol–water partition coefficient (Wildman–Crippen LogP) is 1.78. The van der Waals surface area contributed by atoms with Crippen LogP contribution in [0.5, 0.6) is 0 Å². The molecule has 0 aliphatic rings. The second kappa shape index (κ2) is 7.38. The zero-order valence-corrected chi connectivity index (χ0v) is 5.57. The van der Waals surface area contributed by atoms with Gasteiger partial charge in [0.1, 0.15) is 0 Å². The molecule has 0 aliphatic carbocycles. The third-order valence-electron chi connectivity index (χ3n) is 0.658. The number of pyridine rings is 1. The van der Waals surface area contributed by atoms with Gasteiger partial charge in [-0.15, -0.1) is 0 Å². The van der Waals surface area contributed by atoms with E-state index in [9.17, 15) is 0 Å². The first-order chi connectivity index (χ1) is 4.91. The first kappa shape index (κ1) is 8.38. The Bertz CT molecular complexity index is 172. The van der Waals surface area contributed by atoms with Gasteiger partial charge < -0.3 is 0 Å². The summed E-state index contributed by atoms with van der Waals surface area (Å²) in [5, 5.41) is 7.51. The molecular weight excluding hydrogens is 124 g/mol. The lowest BCUT2D eigenvalue weighted by atomic mass is 10.5. The van der Waals surface area contributed by atoms with E-state index in [1.165, 1.54) is 6.08 Å². The average Bonchev–Trinajstić information content (AvgIpc) is 2.08. The maximum Gasteiger partial charge on any atom is 0.0905 e. The normalized spacial score (nSPS) is 6.30. The summed E-state index contributed by atoms with van der Waals surface area (Å²) in [5.41, 5.74) is 0. The summed E-state index contributed by atoms with van der Waals surface area (Å²) in [6.45, 7) is 3.12. The third kappa shape index (κ3) is 6.38. The van der Waals surface area contributed by atoms with Crippen LogP contribution in [0.4, 0.5) is 0 Å². The Morgan fingerprint density at radius 1 is 1.30 bits per heavy atom. The first-order valence-corrected chi connectivity index (χ1v) is 2.77. The summed E-state index contributed by atoms with van der Waals surface area (Å²) >= 11 is 0. The maximum absolute atomic E-state index is 7.51. The Hall–Kier alpha value is -1.62. The third-order valence-corrected chi connectivity index (χ3v) is 0.658. The Balaban J connectivity index is 0.000000180. The number of allylic oxidation sites excluding steroid dienone is 1. The largest absolute Gasteiger partial charge is 0.265 e. The smallest absolute Gasteiger partial charge is 0.0905 e. The first-order valence-electron chi connectivity index (χ1n) is 2.77. The summed E-state index contributed by atoms with van der Waals surface area (Å²) in [6.07, 6.45) is 4.68. The summed E-state index contributed by atoms with van der Waals surface area (Å²) in [5.74, 6) is 0. The molecule has 0 unspecified atom stereocenters. The summed E-state index contributed by atoms with van der Waals surface area (Å²) in [4.78, 5) is 3.78. The van der Waals surface area contributed by atoms with Crippen LogP contribution in [-0.2, 0) is 0 Å². The standard InChI is InChI=1S/C5H5N.C3H3N/c1-2-4-6-5-3-1;1-2-3-4/h1-5H;2H,1H2. The minimum atomic E-state index is 1.18. The van der Waals surface area contributed by atoms with Crippen molar-refractivity contribution in [2.75, 3.05) is 0 Å². The quantitative estimate of drug-likeness (QED) is 0.504.